The number of carboxylic acid groups (broad SMARTS) is 1. The predicted octanol–water partition coefficient (Wildman–Crippen LogP) is 1.48. The molecule has 0 saturated heterocycles. The smallest absolute Gasteiger partial charge is 0.337 e. The topological polar surface area (TPSA) is 70.0 Å². The first-order valence-corrected chi connectivity index (χ1v) is 5.85. The summed E-state index contributed by atoms with van der Waals surface area (Å²) in [6.45, 7) is 1.22. The summed E-state index contributed by atoms with van der Waals surface area (Å²) >= 11 is 5.79. The first-order valence-electron chi connectivity index (χ1n) is 5.47. The van der Waals surface area contributed by atoms with Crippen molar-refractivity contribution in [2.24, 2.45) is 0 Å². The average Bonchev–Trinajstić information content (AvgIpc) is 2.34. The van der Waals surface area contributed by atoms with Crippen molar-refractivity contribution >= 4 is 23.3 Å². The SMILES string of the molecule is COCCN(CCO)c1ccc(Cl)cc1C(=O)O. The molecule has 0 amide bonds. The maximum atomic E-state index is 11.2. The van der Waals surface area contributed by atoms with E-state index < -0.39 is 5.97 Å². The van der Waals surface area contributed by atoms with Crippen LogP contribution in [0, 0.1) is 0 Å². The van der Waals surface area contributed by atoms with Gasteiger partial charge in [-0.05, 0) is 18.2 Å². The maximum absolute atomic E-state index is 11.2. The Labute approximate surface area is 111 Å². The molecule has 0 aliphatic heterocycles. The largest absolute Gasteiger partial charge is 0.478 e. The van der Waals surface area contributed by atoms with E-state index in [0.29, 0.717) is 30.4 Å². The molecule has 0 aliphatic rings. The standard InChI is InChI=1S/C12H16ClNO4/c1-18-7-5-14(4-6-15)11-3-2-9(13)8-10(11)12(16)17/h2-3,8,15H,4-7H2,1H3,(H,16,17). The second-order valence-corrected chi connectivity index (χ2v) is 4.11. The number of halogens is 1. The number of hydrogen-bond acceptors (Lipinski definition) is 4. The second kappa shape index (κ2) is 7.20. The lowest BCUT2D eigenvalue weighted by atomic mass is 10.1. The van der Waals surface area contributed by atoms with Gasteiger partial charge in [-0.1, -0.05) is 11.6 Å². The van der Waals surface area contributed by atoms with Gasteiger partial charge in [0.15, 0.2) is 0 Å². The van der Waals surface area contributed by atoms with Crippen LogP contribution in [0.5, 0.6) is 0 Å². The van der Waals surface area contributed by atoms with E-state index in [1.54, 1.807) is 24.1 Å². The number of benzene rings is 1. The quantitative estimate of drug-likeness (QED) is 0.788. The van der Waals surface area contributed by atoms with Gasteiger partial charge in [-0.25, -0.2) is 4.79 Å². The summed E-state index contributed by atoms with van der Waals surface area (Å²) in [5, 5.41) is 18.5. The molecule has 1 aromatic carbocycles. The molecule has 0 spiro atoms. The lowest BCUT2D eigenvalue weighted by Gasteiger charge is -2.25. The van der Waals surface area contributed by atoms with Crippen LogP contribution in [-0.4, -0.2) is 49.6 Å². The molecule has 0 aliphatic carbocycles. The normalized spacial score (nSPS) is 10.4. The van der Waals surface area contributed by atoms with Crippen LogP contribution in [0.1, 0.15) is 10.4 Å². The van der Waals surface area contributed by atoms with Gasteiger partial charge in [0.05, 0.1) is 24.5 Å². The van der Waals surface area contributed by atoms with Gasteiger partial charge < -0.3 is 19.8 Å². The number of aromatic carboxylic acids is 1. The van der Waals surface area contributed by atoms with Gasteiger partial charge in [0.1, 0.15) is 0 Å². The number of carbonyl (C=O) groups is 1. The molecule has 6 heteroatoms. The van der Waals surface area contributed by atoms with Crippen molar-refractivity contribution in [3.8, 4) is 0 Å². The van der Waals surface area contributed by atoms with Crippen LogP contribution in [0.2, 0.25) is 5.02 Å². The highest BCUT2D eigenvalue weighted by Crippen LogP contribution is 2.24. The second-order valence-electron chi connectivity index (χ2n) is 3.67. The molecular weight excluding hydrogens is 258 g/mol. The number of ether oxygens (including phenoxy) is 1. The van der Waals surface area contributed by atoms with Crippen LogP contribution in [0.3, 0.4) is 0 Å². The lowest BCUT2D eigenvalue weighted by molar-refractivity contribution is 0.0697. The Hall–Kier alpha value is -1.30. The number of carboxylic acids is 1. The Morgan fingerprint density at radius 3 is 2.72 bits per heavy atom. The van der Waals surface area contributed by atoms with Crippen LogP contribution < -0.4 is 4.90 Å². The first-order chi connectivity index (χ1) is 8.60. The average molecular weight is 274 g/mol. The van der Waals surface area contributed by atoms with E-state index >= 15 is 0 Å². The summed E-state index contributed by atoms with van der Waals surface area (Å²) in [4.78, 5) is 12.9. The number of rotatable bonds is 7. The Kier molecular flexibility index (Phi) is 5.91. The molecule has 0 bridgehead atoms. The molecule has 18 heavy (non-hydrogen) atoms. The van der Waals surface area contributed by atoms with Crippen molar-refractivity contribution in [1.29, 1.82) is 0 Å². The highest BCUT2D eigenvalue weighted by molar-refractivity contribution is 6.31. The fourth-order valence-corrected chi connectivity index (χ4v) is 1.80. The van der Waals surface area contributed by atoms with Crippen molar-refractivity contribution in [3.63, 3.8) is 0 Å². The molecule has 0 saturated carbocycles. The summed E-state index contributed by atoms with van der Waals surface area (Å²) in [6.07, 6.45) is 0. The number of hydrogen-bond donors (Lipinski definition) is 2. The lowest BCUT2D eigenvalue weighted by Crippen LogP contribution is -2.31. The summed E-state index contributed by atoms with van der Waals surface area (Å²) < 4.78 is 4.97. The molecule has 0 aromatic heterocycles. The van der Waals surface area contributed by atoms with E-state index in [1.165, 1.54) is 6.07 Å². The molecule has 2 N–H and O–H groups in total. The van der Waals surface area contributed by atoms with Gasteiger partial charge in [0.2, 0.25) is 0 Å². The van der Waals surface area contributed by atoms with Crippen LogP contribution in [0.15, 0.2) is 18.2 Å². The Morgan fingerprint density at radius 2 is 2.17 bits per heavy atom. The number of methoxy groups -OCH3 is 1. The van der Waals surface area contributed by atoms with Crippen LogP contribution in [-0.2, 0) is 4.74 Å². The molecule has 0 radical (unpaired) electrons. The fourth-order valence-electron chi connectivity index (χ4n) is 1.63. The molecule has 0 atom stereocenters. The molecular formula is C12H16ClNO4. The zero-order chi connectivity index (χ0) is 13.5. The minimum Gasteiger partial charge on any atom is -0.478 e. The van der Waals surface area contributed by atoms with Crippen molar-refractivity contribution in [1.82, 2.24) is 0 Å². The molecule has 0 fully saturated rings. The van der Waals surface area contributed by atoms with E-state index in [9.17, 15) is 4.79 Å². The van der Waals surface area contributed by atoms with E-state index in [0.717, 1.165) is 0 Å². The summed E-state index contributed by atoms with van der Waals surface area (Å²) in [5.74, 6) is -1.05. The van der Waals surface area contributed by atoms with Gasteiger partial charge >= 0.3 is 5.97 Å². The van der Waals surface area contributed by atoms with Crippen molar-refractivity contribution < 1.29 is 19.7 Å². The van der Waals surface area contributed by atoms with Crippen LogP contribution >= 0.6 is 11.6 Å². The third kappa shape index (κ3) is 3.87. The van der Waals surface area contributed by atoms with Crippen molar-refractivity contribution in [2.75, 3.05) is 38.3 Å². The molecule has 5 nitrogen and oxygen atoms in total. The highest BCUT2D eigenvalue weighted by Gasteiger charge is 2.16. The minimum absolute atomic E-state index is 0.0641. The van der Waals surface area contributed by atoms with E-state index in [-0.39, 0.29) is 12.2 Å². The molecule has 100 valence electrons. The van der Waals surface area contributed by atoms with Gasteiger partial charge in [0.25, 0.3) is 0 Å². The van der Waals surface area contributed by atoms with Gasteiger partial charge in [-0.2, -0.15) is 0 Å². The van der Waals surface area contributed by atoms with E-state index in [1.807, 2.05) is 0 Å². The third-order valence-corrected chi connectivity index (χ3v) is 2.70. The Balaban J connectivity index is 3.05. The van der Waals surface area contributed by atoms with E-state index in [2.05, 4.69) is 0 Å². The van der Waals surface area contributed by atoms with Crippen LogP contribution in [0.25, 0.3) is 0 Å². The summed E-state index contributed by atoms with van der Waals surface area (Å²) in [6, 6.07) is 4.66. The number of anilines is 1. The molecule has 0 unspecified atom stereocenters. The van der Waals surface area contributed by atoms with Crippen molar-refractivity contribution in [2.45, 2.75) is 0 Å². The van der Waals surface area contributed by atoms with E-state index in [4.69, 9.17) is 26.6 Å². The monoisotopic (exact) mass is 273 g/mol. The van der Waals surface area contributed by atoms with Gasteiger partial charge in [-0.15, -0.1) is 0 Å². The maximum Gasteiger partial charge on any atom is 0.337 e. The predicted molar refractivity (Wildman–Crippen MR) is 69.6 cm³/mol. The zero-order valence-corrected chi connectivity index (χ0v) is 10.9. The zero-order valence-electron chi connectivity index (χ0n) is 10.1. The minimum atomic E-state index is -1.05. The third-order valence-electron chi connectivity index (χ3n) is 2.46. The molecule has 1 aromatic rings. The van der Waals surface area contributed by atoms with Crippen LogP contribution in [0.4, 0.5) is 5.69 Å². The Morgan fingerprint density at radius 1 is 1.44 bits per heavy atom. The number of aliphatic hydroxyl groups is 1. The summed E-state index contributed by atoms with van der Waals surface area (Å²) in [5.41, 5.74) is 0.644. The molecule has 0 heterocycles. The number of nitrogens with zero attached hydrogens (tertiary/aromatic N) is 1. The van der Waals surface area contributed by atoms with Gasteiger partial charge in [0, 0.05) is 25.2 Å². The molecule has 1 rings (SSSR count). The van der Waals surface area contributed by atoms with Gasteiger partial charge in [-0.3, -0.25) is 0 Å². The van der Waals surface area contributed by atoms with Crippen molar-refractivity contribution in [3.05, 3.63) is 28.8 Å². The Bertz CT molecular complexity index is 411. The number of aliphatic hydroxyl groups excluding tert-OH is 1. The summed E-state index contributed by atoms with van der Waals surface area (Å²) in [7, 11) is 1.57. The first kappa shape index (κ1) is 14.8. The fraction of sp³-hybridized carbons (Fsp3) is 0.417. The highest BCUT2D eigenvalue weighted by atomic mass is 35.5.